The van der Waals surface area contributed by atoms with Crippen molar-refractivity contribution in [3.8, 4) is 0 Å². The number of aryl methyl sites for hydroxylation is 1. The molecule has 2 aromatic rings. The van der Waals surface area contributed by atoms with Gasteiger partial charge in [0, 0.05) is 6.42 Å². The monoisotopic (exact) mass is 338 g/mol. The van der Waals surface area contributed by atoms with Gasteiger partial charge in [-0.15, -0.1) is 0 Å². The predicted octanol–water partition coefficient (Wildman–Crippen LogP) is 3.92. The summed E-state index contributed by atoms with van der Waals surface area (Å²) in [5, 5.41) is 1.98. The van der Waals surface area contributed by atoms with E-state index in [1.54, 1.807) is 0 Å². The number of anilines is 2. The second-order valence-corrected chi connectivity index (χ2v) is 7.43. The van der Waals surface area contributed by atoms with E-state index in [9.17, 15) is 4.79 Å². The Labute approximate surface area is 148 Å². The highest BCUT2D eigenvalue weighted by Gasteiger charge is 2.32. The minimum Gasteiger partial charge on any atom is -0.310 e. The number of fused-ring (bicyclic) bond motifs is 1. The Hall–Kier alpha value is -2.14. The molecule has 2 N–H and O–H groups in total. The van der Waals surface area contributed by atoms with Crippen LogP contribution < -0.4 is 16.0 Å². The number of para-hydroxylation sites is 1. The second kappa shape index (κ2) is 6.64. The van der Waals surface area contributed by atoms with Crippen molar-refractivity contribution in [2.24, 2.45) is 5.92 Å². The Morgan fingerprint density at radius 2 is 1.96 bits per heavy atom. The first kappa shape index (κ1) is 16.3. The summed E-state index contributed by atoms with van der Waals surface area (Å²) in [7, 11) is 0. The SMILES string of the molecule is Cc1ccccc1N1NC(C)c2c1nc(CC1CCCCC1)[nH]c2=O. The average molecular weight is 338 g/mol. The summed E-state index contributed by atoms with van der Waals surface area (Å²) in [4.78, 5) is 20.6. The van der Waals surface area contributed by atoms with Crippen LogP contribution >= 0.6 is 0 Å². The molecular weight excluding hydrogens is 312 g/mol. The average Bonchev–Trinajstić information content (AvgIpc) is 2.93. The Kier molecular flexibility index (Phi) is 4.34. The van der Waals surface area contributed by atoms with Crippen molar-refractivity contribution in [1.29, 1.82) is 0 Å². The highest BCUT2D eigenvalue weighted by atomic mass is 16.1. The Morgan fingerprint density at radius 1 is 1.20 bits per heavy atom. The zero-order chi connectivity index (χ0) is 17.4. The number of aromatic nitrogens is 2. The number of hydrazine groups is 1. The van der Waals surface area contributed by atoms with Crippen LogP contribution in [0.4, 0.5) is 11.5 Å². The number of benzene rings is 1. The zero-order valence-electron chi connectivity index (χ0n) is 15.0. The molecule has 5 heteroatoms. The molecule has 1 fully saturated rings. The lowest BCUT2D eigenvalue weighted by Crippen LogP contribution is -2.30. The van der Waals surface area contributed by atoms with Crippen molar-refractivity contribution in [2.45, 2.75) is 58.4 Å². The number of hydrogen-bond acceptors (Lipinski definition) is 4. The van der Waals surface area contributed by atoms with E-state index in [-0.39, 0.29) is 11.6 Å². The standard InChI is InChI=1S/C20H26N4O/c1-13-8-6-7-11-16(13)24-19-18(14(2)23-24)20(25)22-17(21-19)12-15-9-4-3-5-10-15/h6-8,11,14-15,23H,3-5,9-10,12H2,1-2H3,(H,21,22,25). The van der Waals surface area contributed by atoms with Gasteiger partial charge in [-0.05, 0) is 31.4 Å². The lowest BCUT2D eigenvalue weighted by molar-refractivity contribution is 0.351. The molecule has 1 atom stereocenters. The smallest absolute Gasteiger partial charge is 0.257 e. The first-order chi connectivity index (χ1) is 12.1. The van der Waals surface area contributed by atoms with E-state index >= 15 is 0 Å². The maximum atomic E-state index is 12.7. The van der Waals surface area contributed by atoms with E-state index in [2.05, 4.69) is 29.5 Å². The Morgan fingerprint density at radius 3 is 2.72 bits per heavy atom. The molecule has 1 aromatic heterocycles. The van der Waals surface area contributed by atoms with Crippen molar-refractivity contribution >= 4 is 11.5 Å². The molecule has 1 aliphatic heterocycles. The van der Waals surface area contributed by atoms with Gasteiger partial charge in [0.1, 0.15) is 5.82 Å². The van der Waals surface area contributed by atoms with Crippen molar-refractivity contribution in [3.63, 3.8) is 0 Å². The lowest BCUT2D eigenvalue weighted by atomic mass is 9.87. The molecule has 132 valence electrons. The number of nitrogens with zero attached hydrogens (tertiary/aromatic N) is 2. The fraction of sp³-hybridized carbons (Fsp3) is 0.500. The maximum Gasteiger partial charge on any atom is 0.257 e. The van der Waals surface area contributed by atoms with E-state index in [1.807, 2.05) is 24.1 Å². The third-order valence-corrected chi connectivity index (χ3v) is 5.51. The molecule has 4 rings (SSSR count). The number of hydrogen-bond donors (Lipinski definition) is 2. The van der Waals surface area contributed by atoms with E-state index < -0.39 is 0 Å². The Balaban J connectivity index is 1.71. The molecule has 0 saturated heterocycles. The number of nitrogens with one attached hydrogen (secondary N) is 2. The molecule has 1 saturated carbocycles. The van der Waals surface area contributed by atoms with Gasteiger partial charge in [-0.2, -0.15) is 0 Å². The number of H-pyrrole nitrogens is 1. The van der Waals surface area contributed by atoms with Gasteiger partial charge in [-0.1, -0.05) is 50.3 Å². The first-order valence-electron chi connectivity index (χ1n) is 9.38. The van der Waals surface area contributed by atoms with E-state index in [0.717, 1.165) is 34.9 Å². The van der Waals surface area contributed by atoms with Gasteiger partial charge in [0.25, 0.3) is 5.56 Å². The first-order valence-corrected chi connectivity index (χ1v) is 9.38. The third kappa shape index (κ3) is 3.09. The quantitative estimate of drug-likeness (QED) is 0.890. The third-order valence-electron chi connectivity index (χ3n) is 5.51. The molecule has 1 aromatic carbocycles. The topological polar surface area (TPSA) is 61.0 Å². The highest BCUT2D eigenvalue weighted by molar-refractivity contribution is 5.67. The molecule has 0 radical (unpaired) electrons. The van der Waals surface area contributed by atoms with Crippen molar-refractivity contribution in [1.82, 2.24) is 15.4 Å². The molecule has 25 heavy (non-hydrogen) atoms. The minimum absolute atomic E-state index is 0.00751. The molecular formula is C20H26N4O. The molecule has 0 spiro atoms. The minimum atomic E-state index is -0.0467. The molecule has 5 nitrogen and oxygen atoms in total. The largest absolute Gasteiger partial charge is 0.310 e. The van der Waals surface area contributed by atoms with Gasteiger partial charge >= 0.3 is 0 Å². The van der Waals surface area contributed by atoms with Crippen LogP contribution in [0.1, 0.15) is 62.0 Å². The summed E-state index contributed by atoms with van der Waals surface area (Å²) in [6, 6.07) is 8.14. The summed E-state index contributed by atoms with van der Waals surface area (Å²) in [6.45, 7) is 4.09. The fourth-order valence-electron chi connectivity index (χ4n) is 4.16. The van der Waals surface area contributed by atoms with E-state index in [1.165, 1.54) is 32.1 Å². The second-order valence-electron chi connectivity index (χ2n) is 7.43. The molecule has 1 aliphatic carbocycles. The highest BCUT2D eigenvalue weighted by Crippen LogP contribution is 2.35. The van der Waals surface area contributed by atoms with Crippen LogP contribution in [0.5, 0.6) is 0 Å². The Bertz CT molecular complexity index is 823. The van der Waals surface area contributed by atoms with Crippen LogP contribution in [0.2, 0.25) is 0 Å². The van der Waals surface area contributed by atoms with Crippen LogP contribution in [-0.2, 0) is 6.42 Å². The molecule has 2 aliphatic rings. The normalized spacial score (nSPS) is 20.7. The van der Waals surface area contributed by atoms with Crippen LogP contribution in [0, 0.1) is 12.8 Å². The fourth-order valence-corrected chi connectivity index (χ4v) is 4.16. The maximum absolute atomic E-state index is 12.7. The molecule has 0 bridgehead atoms. The van der Waals surface area contributed by atoms with Gasteiger partial charge in [0.2, 0.25) is 0 Å². The molecule has 2 heterocycles. The molecule has 1 unspecified atom stereocenters. The van der Waals surface area contributed by atoms with Crippen LogP contribution in [0.15, 0.2) is 29.1 Å². The van der Waals surface area contributed by atoms with Crippen LogP contribution in [-0.4, -0.2) is 9.97 Å². The van der Waals surface area contributed by atoms with Crippen molar-refractivity contribution < 1.29 is 0 Å². The number of rotatable bonds is 3. The number of aromatic amines is 1. The summed E-state index contributed by atoms with van der Waals surface area (Å²) in [6.07, 6.45) is 7.31. The van der Waals surface area contributed by atoms with Gasteiger partial charge in [0.05, 0.1) is 17.3 Å². The van der Waals surface area contributed by atoms with Gasteiger partial charge in [-0.25, -0.2) is 10.4 Å². The predicted molar refractivity (Wildman–Crippen MR) is 100 cm³/mol. The van der Waals surface area contributed by atoms with Crippen LogP contribution in [0.3, 0.4) is 0 Å². The van der Waals surface area contributed by atoms with Crippen molar-refractivity contribution in [3.05, 3.63) is 51.6 Å². The van der Waals surface area contributed by atoms with Crippen molar-refractivity contribution in [2.75, 3.05) is 5.01 Å². The van der Waals surface area contributed by atoms with E-state index in [0.29, 0.717) is 5.92 Å². The summed E-state index contributed by atoms with van der Waals surface area (Å²) < 4.78 is 0. The molecule has 0 amide bonds. The summed E-state index contributed by atoms with van der Waals surface area (Å²) in [5.41, 5.74) is 6.33. The summed E-state index contributed by atoms with van der Waals surface area (Å²) >= 11 is 0. The van der Waals surface area contributed by atoms with Crippen LogP contribution in [0.25, 0.3) is 0 Å². The van der Waals surface area contributed by atoms with Gasteiger partial charge < -0.3 is 4.98 Å². The van der Waals surface area contributed by atoms with Gasteiger partial charge in [-0.3, -0.25) is 9.80 Å². The van der Waals surface area contributed by atoms with E-state index in [4.69, 9.17) is 4.98 Å². The summed E-state index contributed by atoms with van der Waals surface area (Å²) in [5.74, 6) is 2.23. The lowest BCUT2D eigenvalue weighted by Gasteiger charge is -2.23. The zero-order valence-corrected chi connectivity index (χ0v) is 15.0. The van der Waals surface area contributed by atoms with Gasteiger partial charge in [0.15, 0.2) is 5.82 Å².